The topological polar surface area (TPSA) is 47.6 Å². The second-order valence-corrected chi connectivity index (χ2v) is 7.50. The molecular formula is C20H18ClNO3. The number of halogens is 1. The Morgan fingerprint density at radius 1 is 1.12 bits per heavy atom. The summed E-state index contributed by atoms with van der Waals surface area (Å²) in [5.41, 5.74) is 1.75. The molecule has 128 valence electrons. The fraction of sp³-hybridized carbons (Fsp3) is 0.350. The van der Waals surface area contributed by atoms with Crippen LogP contribution in [0.4, 0.5) is 0 Å². The van der Waals surface area contributed by atoms with E-state index < -0.39 is 0 Å². The summed E-state index contributed by atoms with van der Waals surface area (Å²) in [4.78, 5) is 12.7. The van der Waals surface area contributed by atoms with Gasteiger partial charge in [0.2, 0.25) is 5.91 Å². The van der Waals surface area contributed by atoms with Gasteiger partial charge in [-0.1, -0.05) is 35.9 Å². The summed E-state index contributed by atoms with van der Waals surface area (Å²) in [6.45, 7) is 1.09. The molecule has 1 atom stereocenters. The third kappa shape index (κ3) is 2.47. The van der Waals surface area contributed by atoms with E-state index in [1.54, 1.807) is 0 Å². The first-order valence-corrected chi connectivity index (χ1v) is 9.00. The molecule has 2 aromatic carbocycles. The van der Waals surface area contributed by atoms with Crippen LogP contribution >= 0.6 is 11.6 Å². The highest BCUT2D eigenvalue weighted by Gasteiger charge is 2.74. The molecular weight excluding hydrogens is 338 g/mol. The van der Waals surface area contributed by atoms with Gasteiger partial charge in [-0.2, -0.15) is 0 Å². The minimum absolute atomic E-state index is 0.0900. The first-order chi connectivity index (χ1) is 12.2. The van der Waals surface area contributed by atoms with Crippen LogP contribution < -0.4 is 14.8 Å². The number of carbonyl (C=O) groups is 1. The number of nitrogens with one attached hydrogen (secondary N) is 1. The molecule has 1 aliphatic heterocycles. The number of carbonyl (C=O) groups excluding carboxylic acids is 1. The highest BCUT2D eigenvalue weighted by molar-refractivity contribution is 6.31. The Balaban J connectivity index is 1.52. The van der Waals surface area contributed by atoms with Crippen molar-refractivity contribution >= 4 is 17.5 Å². The second kappa shape index (κ2) is 5.40. The third-order valence-electron chi connectivity index (χ3n) is 5.53. The summed E-state index contributed by atoms with van der Waals surface area (Å²) in [7, 11) is 0. The quantitative estimate of drug-likeness (QED) is 0.909. The zero-order chi connectivity index (χ0) is 17.0. The molecule has 5 rings (SSSR count). The third-order valence-corrected chi connectivity index (χ3v) is 5.87. The molecule has 0 spiro atoms. The predicted octanol–water partition coefficient (Wildman–Crippen LogP) is 3.73. The van der Waals surface area contributed by atoms with E-state index in [0.717, 1.165) is 29.7 Å². The van der Waals surface area contributed by atoms with Crippen LogP contribution in [0.3, 0.4) is 0 Å². The van der Waals surface area contributed by atoms with E-state index in [1.807, 2.05) is 42.5 Å². The number of amides is 1. The lowest BCUT2D eigenvalue weighted by Crippen LogP contribution is -2.33. The molecule has 2 saturated carbocycles. The van der Waals surface area contributed by atoms with E-state index in [9.17, 15) is 4.79 Å². The van der Waals surface area contributed by atoms with Gasteiger partial charge in [0.1, 0.15) is 13.2 Å². The van der Waals surface area contributed by atoms with Gasteiger partial charge in [0.05, 0.1) is 11.5 Å². The van der Waals surface area contributed by atoms with Crippen molar-refractivity contribution in [1.29, 1.82) is 0 Å². The Labute approximate surface area is 151 Å². The Bertz CT molecular complexity index is 860. The van der Waals surface area contributed by atoms with E-state index in [-0.39, 0.29) is 17.4 Å². The zero-order valence-electron chi connectivity index (χ0n) is 13.6. The molecule has 2 aliphatic carbocycles. The normalized spacial score (nSPS) is 26.4. The number of benzene rings is 2. The van der Waals surface area contributed by atoms with Gasteiger partial charge in [-0.15, -0.1) is 0 Å². The van der Waals surface area contributed by atoms with E-state index in [1.165, 1.54) is 0 Å². The average molecular weight is 356 g/mol. The van der Waals surface area contributed by atoms with Gasteiger partial charge in [-0.05, 0) is 48.1 Å². The van der Waals surface area contributed by atoms with Gasteiger partial charge in [-0.3, -0.25) is 4.79 Å². The van der Waals surface area contributed by atoms with E-state index >= 15 is 0 Å². The van der Waals surface area contributed by atoms with Crippen LogP contribution in [0.5, 0.6) is 11.5 Å². The maximum Gasteiger partial charge on any atom is 0.227 e. The van der Waals surface area contributed by atoms with Gasteiger partial charge in [0, 0.05) is 5.02 Å². The molecule has 5 heteroatoms. The predicted molar refractivity (Wildman–Crippen MR) is 94.0 cm³/mol. The second-order valence-electron chi connectivity index (χ2n) is 7.09. The summed E-state index contributed by atoms with van der Waals surface area (Å²) in [5.74, 6) is 2.18. The lowest BCUT2D eigenvalue weighted by molar-refractivity contribution is -0.124. The van der Waals surface area contributed by atoms with Crippen molar-refractivity contribution < 1.29 is 14.3 Å². The minimum atomic E-state index is -0.298. The molecule has 3 aliphatic rings. The summed E-state index contributed by atoms with van der Waals surface area (Å²) < 4.78 is 11.3. The van der Waals surface area contributed by atoms with E-state index in [0.29, 0.717) is 29.9 Å². The molecule has 0 bridgehead atoms. The smallest absolute Gasteiger partial charge is 0.227 e. The lowest BCUT2D eigenvalue weighted by Gasteiger charge is -2.24. The van der Waals surface area contributed by atoms with Crippen LogP contribution in [0, 0.1) is 11.3 Å². The largest absolute Gasteiger partial charge is 0.486 e. The van der Waals surface area contributed by atoms with Crippen LogP contribution in [0.25, 0.3) is 0 Å². The van der Waals surface area contributed by atoms with Crippen molar-refractivity contribution in [1.82, 2.24) is 5.32 Å². The Kier molecular flexibility index (Phi) is 3.26. The summed E-state index contributed by atoms with van der Waals surface area (Å²) in [6, 6.07) is 13.2. The van der Waals surface area contributed by atoms with Crippen molar-refractivity contribution in [2.45, 2.75) is 18.9 Å². The molecule has 1 heterocycles. The van der Waals surface area contributed by atoms with Crippen LogP contribution in [0.2, 0.25) is 5.02 Å². The van der Waals surface area contributed by atoms with Crippen LogP contribution in [-0.2, 0) is 4.79 Å². The Morgan fingerprint density at radius 3 is 2.56 bits per heavy atom. The highest BCUT2D eigenvalue weighted by atomic mass is 35.5. The fourth-order valence-corrected chi connectivity index (χ4v) is 3.88. The van der Waals surface area contributed by atoms with Gasteiger partial charge in [0.25, 0.3) is 0 Å². The molecule has 25 heavy (non-hydrogen) atoms. The van der Waals surface area contributed by atoms with Crippen molar-refractivity contribution in [3.63, 3.8) is 0 Å². The molecule has 1 amide bonds. The fourth-order valence-electron chi connectivity index (χ4n) is 3.64. The Hall–Kier alpha value is -2.20. The van der Waals surface area contributed by atoms with Gasteiger partial charge in [-0.25, -0.2) is 0 Å². The highest BCUT2D eigenvalue weighted by Crippen LogP contribution is 2.75. The van der Waals surface area contributed by atoms with Crippen molar-refractivity contribution in [2.75, 3.05) is 13.2 Å². The van der Waals surface area contributed by atoms with Crippen molar-refractivity contribution in [2.24, 2.45) is 11.3 Å². The van der Waals surface area contributed by atoms with Gasteiger partial charge >= 0.3 is 0 Å². The maximum atomic E-state index is 12.7. The standard InChI is InChI=1S/C20H18ClNO3/c21-15-4-2-1-3-14(15)18(22-19(23)20-10-13(20)11-20)12-5-6-16-17(9-12)25-8-7-24-16/h1-6,9,13,18H,7-8,10-11H2,(H,22,23). The number of rotatable bonds is 4. The van der Waals surface area contributed by atoms with Gasteiger partial charge < -0.3 is 14.8 Å². The van der Waals surface area contributed by atoms with Crippen LogP contribution in [-0.4, -0.2) is 19.1 Å². The Morgan fingerprint density at radius 2 is 1.84 bits per heavy atom. The van der Waals surface area contributed by atoms with Gasteiger partial charge in [0.15, 0.2) is 11.5 Å². The number of ether oxygens (including phenoxy) is 2. The number of hydrogen-bond acceptors (Lipinski definition) is 3. The maximum absolute atomic E-state index is 12.7. The lowest BCUT2D eigenvalue weighted by atomic mass is 9.97. The SMILES string of the molecule is O=C(NC(c1ccc2c(c1)OCCO2)c1ccccc1Cl)C12CC1C2. The average Bonchev–Trinajstić information content (AvgIpc) is 3.50. The van der Waals surface area contributed by atoms with Crippen molar-refractivity contribution in [3.05, 3.63) is 58.6 Å². The monoisotopic (exact) mass is 355 g/mol. The van der Waals surface area contributed by atoms with E-state index in [4.69, 9.17) is 21.1 Å². The summed E-state index contributed by atoms with van der Waals surface area (Å²) >= 11 is 6.43. The molecule has 0 radical (unpaired) electrons. The van der Waals surface area contributed by atoms with Crippen LogP contribution in [0.15, 0.2) is 42.5 Å². The first-order valence-electron chi connectivity index (χ1n) is 8.62. The number of fused-ring (bicyclic) bond motifs is 2. The zero-order valence-corrected chi connectivity index (χ0v) is 14.4. The molecule has 0 saturated heterocycles. The van der Waals surface area contributed by atoms with Crippen LogP contribution in [0.1, 0.15) is 30.0 Å². The summed E-state index contributed by atoms with van der Waals surface area (Å²) in [6.07, 6.45) is 2.05. The minimum Gasteiger partial charge on any atom is -0.486 e. The van der Waals surface area contributed by atoms with Crippen molar-refractivity contribution in [3.8, 4) is 11.5 Å². The first kappa shape index (κ1) is 15.1. The summed E-state index contributed by atoms with van der Waals surface area (Å²) in [5, 5.41) is 3.86. The van der Waals surface area contributed by atoms with E-state index in [2.05, 4.69) is 5.32 Å². The molecule has 2 fully saturated rings. The molecule has 1 unspecified atom stereocenters. The molecule has 4 nitrogen and oxygen atoms in total. The number of hydrogen-bond donors (Lipinski definition) is 1. The molecule has 1 N–H and O–H groups in total. The molecule has 0 aromatic heterocycles. The molecule has 2 aromatic rings.